The molecule has 0 bridgehead atoms. The number of furan rings is 1. The number of para-hydroxylation sites is 1. The van der Waals surface area contributed by atoms with Crippen LogP contribution < -0.4 is 5.43 Å². The van der Waals surface area contributed by atoms with Crippen molar-refractivity contribution in [3.05, 3.63) is 64.4 Å². The molecule has 0 radical (unpaired) electrons. The molecule has 1 N–H and O–H groups in total. The van der Waals surface area contributed by atoms with Gasteiger partial charge in [0.15, 0.2) is 23.3 Å². The van der Waals surface area contributed by atoms with Gasteiger partial charge in [0.1, 0.15) is 11.1 Å². The molecule has 1 aliphatic rings. The van der Waals surface area contributed by atoms with E-state index in [-0.39, 0.29) is 17.5 Å². The molecule has 1 aliphatic heterocycles. The van der Waals surface area contributed by atoms with E-state index in [0.717, 1.165) is 16.5 Å². The van der Waals surface area contributed by atoms with Crippen molar-refractivity contribution < 1.29 is 18.7 Å². The lowest BCUT2D eigenvalue weighted by atomic mass is 9.89. The Morgan fingerprint density at radius 1 is 1.34 bits per heavy atom. The van der Waals surface area contributed by atoms with Crippen molar-refractivity contribution in [3.63, 3.8) is 0 Å². The topological polar surface area (TPSA) is 98.5 Å². The molecule has 0 spiro atoms. The summed E-state index contributed by atoms with van der Waals surface area (Å²) in [6.07, 6.45) is 5.12. The standard InChI is InChI=1S/C22H18N2O5/c1-11(2)16-6-14-12-4-3-5-13(19-8-23-10-28-19)20(12)29-21(14)17-7-18(25)15(22(26)27)9-24(16)17/h3-5,7-11,16H,6H2,1-2H3,(H,26,27)/t16-/m0/s1. The summed E-state index contributed by atoms with van der Waals surface area (Å²) in [5, 5.41) is 10.3. The molecule has 3 aromatic heterocycles. The fraction of sp³-hybridized carbons (Fsp3) is 0.227. The smallest absolute Gasteiger partial charge is 0.341 e. The predicted molar refractivity (Wildman–Crippen MR) is 106 cm³/mol. The number of rotatable bonds is 3. The average molecular weight is 390 g/mol. The van der Waals surface area contributed by atoms with Crippen molar-refractivity contribution >= 4 is 16.9 Å². The number of hydrogen-bond donors (Lipinski definition) is 1. The Balaban J connectivity index is 1.83. The molecule has 7 heteroatoms. The van der Waals surface area contributed by atoms with E-state index in [1.54, 1.807) is 6.20 Å². The number of nitrogens with zero attached hydrogens (tertiary/aromatic N) is 2. The summed E-state index contributed by atoms with van der Waals surface area (Å²) in [4.78, 5) is 27.9. The summed E-state index contributed by atoms with van der Waals surface area (Å²) in [6, 6.07) is 7.21. The third-order valence-electron chi connectivity index (χ3n) is 5.60. The summed E-state index contributed by atoms with van der Waals surface area (Å²) < 4.78 is 13.6. The second-order valence-corrected chi connectivity index (χ2v) is 7.62. The van der Waals surface area contributed by atoms with Gasteiger partial charge in [-0.3, -0.25) is 4.79 Å². The summed E-state index contributed by atoms with van der Waals surface area (Å²) in [6.45, 7) is 4.17. The van der Waals surface area contributed by atoms with Gasteiger partial charge in [-0.15, -0.1) is 0 Å². The minimum atomic E-state index is -1.23. The minimum absolute atomic E-state index is 0.00550. The number of aromatic nitrogens is 2. The van der Waals surface area contributed by atoms with Crippen LogP contribution in [0.4, 0.5) is 0 Å². The largest absolute Gasteiger partial charge is 0.477 e. The molecular formula is C22H18N2O5. The second kappa shape index (κ2) is 6.20. The fourth-order valence-corrected chi connectivity index (χ4v) is 4.15. The van der Waals surface area contributed by atoms with Gasteiger partial charge < -0.3 is 18.5 Å². The maximum Gasteiger partial charge on any atom is 0.341 e. The highest BCUT2D eigenvalue weighted by atomic mass is 16.4. The van der Waals surface area contributed by atoms with Gasteiger partial charge in [-0.05, 0) is 18.4 Å². The van der Waals surface area contributed by atoms with Gasteiger partial charge in [-0.1, -0.05) is 26.0 Å². The summed E-state index contributed by atoms with van der Waals surface area (Å²) in [5.74, 6) is 0.197. The van der Waals surface area contributed by atoms with Gasteiger partial charge in [0, 0.05) is 29.3 Å². The quantitative estimate of drug-likeness (QED) is 0.558. The highest BCUT2D eigenvalue weighted by Crippen LogP contribution is 2.44. The van der Waals surface area contributed by atoms with Crippen molar-refractivity contribution in [1.29, 1.82) is 0 Å². The Kier molecular flexibility index (Phi) is 3.74. The Morgan fingerprint density at radius 2 is 2.17 bits per heavy atom. The van der Waals surface area contributed by atoms with Crippen LogP contribution in [0.1, 0.15) is 35.8 Å². The molecular weight excluding hydrogens is 372 g/mol. The number of hydrogen-bond acceptors (Lipinski definition) is 5. The van der Waals surface area contributed by atoms with E-state index in [9.17, 15) is 14.7 Å². The highest BCUT2D eigenvalue weighted by Gasteiger charge is 2.32. The fourth-order valence-electron chi connectivity index (χ4n) is 4.15. The van der Waals surface area contributed by atoms with Gasteiger partial charge in [-0.2, -0.15) is 0 Å². The van der Waals surface area contributed by atoms with Crippen LogP contribution >= 0.6 is 0 Å². The molecule has 0 unspecified atom stereocenters. The lowest BCUT2D eigenvalue weighted by Gasteiger charge is -2.31. The third kappa shape index (κ3) is 2.54. The zero-order valence-electron chi connectivity index (χ0n) is 15.9. The van der Waals surface area contributed by atoms with E-state index in [1.807, 2.05) is 22.8 Å². The van der Waals surface area contributed by atoms with Crippen LogP contribution in [0.5, 0.6) is 0 Å². The number of carboxylic acid groups (broad SMARTS) is 1. The number of carboxylic acids is 1. The van der Waals surface area contributed by atoms with Gasteiger partial charge >= 0.3 is 5.97 Å². The van der Waals surface area contributed by atoms with Crippen LogP contribution in [0, 0.1) is 5.92 Å². The Bertz CT molecular complexity index is 1310. The summed E-state index contributed by atoms with van der Waals surface area (Å²) in [5.41, 5.74) is 2.30. The number of aromatic carboxylic acids is 1. The first kappa shape index (κ1) is 17.5. The molecule has 5 rings (SSSR count). The number of carbonyl (C=O) groups is 1. The van der Waals surface area contributed by atoms with Crippen LogP contribution in [0.25, 0.3) is 33.7 Å². The van der Waals surface area contributed by atoms with E-state index in [2.05, 4.69) is 18.8 Å². The first-order chi connectivity index (χ1) is 14.0. The van der Waals surface area contributed by atoms with Crippen LogP contribution in [0.15, 0.2) is 56.7 Å². The molecule has 7 nitrogen and oxygen atoms in total. The number of benzene rings is 1. The number of pyridine rings is 1. The Morgan fingerprint density at radius 3 is 2.86 bits per heavy atom. The number of fused-ring (bicyclic) bond motifs is 5. The van der Waals surface area contributed by atoms with Crippen molar-refractivity contribution in [3.8, 4) is 22.8 Å². The minimum Gasteiger partial charge on any atom is -0.477 e. The molecule has 146 valence electrons. The van der Waals surface area contributed by atoms with Crippen molar-refractivity contribution in [2.24, 2.45) is 5.92 Å². The van der Waals surface area contributed by atoms with Gasteiger partial charge in [0.25, 0.3) is 0 Å². The van der Waals surface area contributed by atoms with Crippen LogP contribution in [0.3, 0.4) is 0 Å². The van der Waals surface area contributed by atoms with E-state index >= 15 is 0 Å². The molecule has 0 amide bonds. The molecule has 0 saturated carbocycles. The zero-order valence-corrected chi connectivity index (χ0v) is 15.9. The molecule has 29 heavy (non-hydrogen) atoms. The third-order valence-corrected chi connectivity index (χ3v) is 5.60. The lowest BCUT2D eigenvalue weighted by molar-refractivity contribution is 0.0694. The predicted octanol–water partition coefficient (Wildman–Crippen LogP) is 4.37. The maximum atomic E-state index is 12.4. The molecule has 4 aromatic rings. The van der Waals surface area contributed by atoms with Gasteiger partial charge in [0.2, 0.25) is 0 Å². The molecule has 0 aliphatic carbocycles. The Hall–Kier alpha value is -3.61. The van der Waals surface area contributed by atoms with E-state index in [4.69, 9.17) is 8.83 Å². The summed E-state index contributed by atoms with van der Waals surface area (Å²) >= 11 is 0. The van der Waals surface area contributed by atoms with E-state index < -0.39 is 11.4 Å². The Labute approximate surface area is 165 Å². The van der Waals surface area contributed by atoms with Gasteiger partial charge in [0.05, 0.1) is 17.5 Å². The molecule has 1 aromatic carbocycles. The average Bonchev–Trinajstić information content (AvgIpc) is 3.34. The highest BCUT2D eigenvalue weighted by molar-refractivity contribution is 5.97. The van der Waals surface area contributed by atoms with E-state index in [0.29, 0.717) is 29.2 Å². The molecule has 1 atom stereocenters. The maximum absolute atomic E-state index is 12.4. The first-order valence-corrected chi connectivity index (χ1v) is 9.38. The SMILES string of the molecule is CC(C)[C@@H]1Cc2c(oc3c(-c4cnco4)cccc23)-c2cc(=O)c(C(=O)O)cn21. The van der Waals surface area contributed by atoms with Crippen LogP contribution in [0.2, 0.25) is 0 Å². The van der Waals surface area contributed by atoms with Crippen molar-refractivity contribution in [2.75, 3.05) is 0 Å². The molecule has 4 heterocycles. The molecule has 0 saturated heterocycles. The zero-order chi connectivity index (χ0) is 20.3. The second-order valence-electron chi connectivity index (χ2n) is 7.62. The normalized spacial score (nSPS) is 15.5. The van der Waals surface area contributed by atoms with E-state index in [1.165, 1.54) is 18.7 Å². The monoisotopic (exact) mass is 390 g/mol. The first-order valence-electron chi connectivity index (χ1n) is 9.38. The van der Waals surface area contributed by atoms with Crippen molar-refractivity contribution in [1.82, 2.24) is 9.55 Å². The number of oxazole rings is 1. The van der Waals surface area contributed by atoms with Crippen molar-refractivity contribution in [2.45, 2.75) is 26.3 Å². The van der Waals surface area contributed by atoms with Crippen LogP contribution in [-0.4, -0.2) is 20.6 Å². The summed E-state index contributed by atoms with van der Waals surface area (Å²) in [7, 11) is 0. The van der Waals surface area contributed by atoms with Gasteiger partial charge in [-0.25, -0.2) is 9.78 Å². The van der Waals surface area contributed by atoms with Crippen LogP contribution in [-0.2, 0) is 6.42 Å². The lowest BCUT2D eigenvalue weighted by Crippen LogP contribution is -2.27. The molecule has 0 fully saturated rings.